The Kier molecular flexibility index (Phi) is 17.3. The third kappa shape index (κ3) is 16.4. The summed E-state index contributed by atoms with van der Waals surface area (Å²) in [4.78, 5) is 23.6. The highest BCUT2D eigenvalue weighted by Gasteiger charge is 2.09. The van der Waals surface area contributed by atoms with E-state index in [2.05, 4.69) is 6.92 Å². The summed E-state index contributed by atoms with van der Waals surface area (Å²) in [5.74, 6) is -0.382. The quantitative estimate of drug-likeness (QED) is 0.111. The molecule has 0 heterocycles. The van der Waals surface area contributed by atoms with E-state index >= 15 is 0 Å². The first-order chi connectivity index (χ1) is 15.5. The third-order valence-electron chi connectivity index (χ3n) is 5.34. The maximum Gasteiger partial charge on any atom is 0.311 e. The molecule has 0 saturated heterocycles. The average molecular weight is 488 g/mol. The van der Waals surface area contributed by atoms with Gasteiger partial charge in [0.05, 0.1) is 6.61 Å². The van der Waals surface area contributed by atoms with Crippen LogP contribution in [0.25, 0.3) is 0 Å². The lowest BCUT2D eigenvalue weighted by molar-refractivity contribution is -0.144. The summed E-state index contributed by atoms with van der Waals surface area (Å²) in [6, 6.07) is 4.61. The number of benzene rings is 1. The van der Waals surface area contributed by atoms with Crippen LogP contribution in [0.2, 0.25) is 10.0 Å². The van der Waals surface area contributed by atoms with Crippen molar-refractivity contribution in [3.8, 4) is 5.75 Å². The largest absolute Gasteiger partial charge is 0.466 e. The Labute approximate surface area is 204 Å². The predicted octanol–water partition coefficient (Wildman–Crippen LogP) is 8.70. The lowest BCUT2D eigenvalue weighted by Gasteiger charge is -2.06. The minimum Gasteiger partial charge on any atom is -0.466 e. The highest BCUT2D eigenvalue weighted by Crippen LogP contribution is 2.24. The van der Waals surface area contributed by atoms with Crippen molar-refractivity contribution in [3.05, 3.63) is 28.2 Å². The first-order valence-corrected chi connectivity index (χ1v) is 13.1. The molecule has 0 aliphatic carbocycles. The Morgan fingerprint density at radius 2 is 1.12 bits per heavy atom. The number of halogens is 2. The van der Waals surface area contributed by atoms with E-state index < -0.39 is 5.97 Å². The van der Waals surface area contributed by atoms with Crippen LogP contribution >= 0.6 is 23.2 Å². The lowest BCUT2D eigenvalue weighted by atomic mass is 10.0. The van der Waals surface area contributed by atoms with Crippen molar-refractivity contribution in [2.75, 3.05) is 6.61 Å². The lowest BCUT2D eigenvalue weighted by Crippen LogP contribution is -2.10. The maximum atomic E-state index is 11.9. The first-order valence-electron chi connectivity index (χ1n) is 12.3. The summed E-state index contributed by atoms with van der Waals surface area (Å²) in [6.07, 6.45) is 17.5. The molecule has 32 heavy (non-hydrogen) atoms. The van der Waals surface area contributed by atoms with Crippen LogP contribution in [0.5, 0.6) is 5.75 Å². The minimum absolute atomic E-state index is 0.137. The molecule has 6 heteroatoms. The van der Waals surface area contributed by atoms with Gasteiger partial charge in [-0.1, -0.05) is 107 Å². The Morgan fingerprint density at radius 1 is 0.656 bits per heavy atom. The SMILES string of the molecule is CCCCCCCCCCCCCCCOC(=O)CCCC(=O)Oc1cc(Cl)cc(Cl)c1. The second-order valence-corrected chi connectivity index (χ2v) is 9.27. The van der Waals surface area contributed by atoms with Crippen LogP contribution in [0.15, 0.2) is 18.2 Å². The van der Waals surface area contributed by atoms with Gasteiger partial charge in [0.25, 0.3) is 0 Å². The molecule has 0 saturated carbocycles. The average Bonchev–Trinajstić information content (AvgIpc) is 2.73. The summed E-state index contributed by atoms with van der Waals surface area (Å²) < 4.78 is 10.4. The van der Waals surface area contributed by atoms with Gasteiger partial charge in [-0.3, -0.25) is 9.59 Å². The van der Waals surface area contributed by atoms with Gasteiger partial charge in [0.2, 0.25) is 0 Å². The molecule has 0 aliphatic heterocycles. The van der Waals surface area contributed by atoms with Gasteiger partial charge in [-0.2, -0.15) is 0 Å². The zero-order chi connectivity index (χ0) is 23.4. The smallest absolute Gasteiger partial charge is 0.311 e. The van der Waals surface area contributed by atoms with E-state index in [1.54, 1.807) is 6.07 Å². The summed E-state index contributed by atoms with van der Waals surface area (Å²) in [6.45, 7) is 2.72. The van der Waals surface area contributed by atoms with Crippen molar-refractivity contribution < 1.29 is 19.1 Å². The molecule has 0 aliphatic rings. The summed E-state index contributed by atoms with van der Waals surface area (Å²) in [5, 5.41) is 0.800. The van der Waals surface area contributed by atoms with Gasteiger partial charge in [0.15, 0.2) is 0 Å². The van der Waals surface area contributed by atoms with Gasteiger partial charge in [-0.15, -0.1) is 0 Å². The molecule has 1 rings (SSSR count). The number of hydrogen-bond donors (Lipinski definition) is 0. The summed E-state index contributed by atoms with van der Waals surface area (Å²) in [5.41, 5.74) is 0. The summed E-state index contributed by atoms with van der Waals surface area (Å²) in [7, 11) is 0. The normalized spacial score (nSPS) is 10.8. The van der Waals surface area contributed by atoms with E-state index in [-0.39, 0.29) is 18.8 Å². The zero-order valence-corrected chi connectivity index (χ0v) is 21.2. The van der Waals surface area contributed by atoms with Gasteiger partial charge in [0.1, 0.15) is 5.75 Å². The number of unbranched alkanes of at least 4 members (excludes halogenated alkanes) is 12. The number of ether oxygens (including phenoxy) is 2. The fourth-order valence-corrected chi connectivity index (χ4v) is 4.03. The molecule has 0 aromatic heterocycles. The van der Waals surface area contributed by atoms with Crippen LogP contribution in [0.1, 0.15) is 110 Å². The Bertz CT molecular complexity index is 628. The van der Waals surface area contributed by atoms with Crippen LogP contribution in [-0.4, -0.2) is 18.5 Å². The molecule has 0 amide bonds. The highest BCUT2D eigenvalue weighted by atomic mass is 35.5. The van der Waals surface area contributed by atoms with Crippen LogP contribution in [0.3, 0.4) is 0 Å². The number of carbonyl (C=O) groups is 2. The molecule has 0 bridgehead atoms. The van der Waals surface area contributed by atoms with E-state index in [4.69, 9.17) is 32.7 Å². The van der Waals surface area contributed by atoms with Crippen LogP contribution in [0, 0.1) is 0 Å². The highest BCUT2D eigenvalue weighted by molar-refractivity contribution is 6.34. The fraction of sp³-hybridized carbons (Fsp3) is 0.692. The van der Waals surface area contributed by atoms with Crippen molar-refractivity contribution in [2.45, 2.75) is 110 Å². The molecule has 0 atom stereocenters. The molecule has 0 radical (unpaired) electrons. The molecule has 0 unspecified atom stereocenters. The van der Waals surface area contributed by atoms with E-state index in [1.165, 1.54) is 82.8 Å². The van der Waals surface area contributed by atoms with Gasteiger partial charge in [-0.05, 0) is 31.0 Å². The zero-order valence-electron chi connectivity index (χ0n) is 19.6. The Morgan fingerprint density at radius 3 is 1.66 bits per heavy atom. The molecule has 1 aromatic rings. The topological polar surface area (TPSA) is 52.6 Å². The van der Waals surface area contributed by atoms with Crippen molar-refractivity contribution >= 4 is 35.1 Å². The maximum absolute atomic E-state index is 11.9. The molecule has 4 nitrogen and oxygen atoms in total. The number of esters is 2. The monoisotopic (exact) mass is 486 g/mol. The fourth-order valence-electron chi connectivity index (χ4n) is 3.52. The Hall–Kier alpha value is -1.26. The van der Waals surface area contributed by atoms with Gasteiger partial charge < -0.3 is 9.47 Å². The second-order valence-electron chi connectivity index (χ2n) is 8.40. The first kappa shape index (κ1) is 28.8. The molecule has 0 fully saturated rings. The van der Waals surface area contributed by atoms with Crippen molar-refractivity contribution in [2.24, 2.45) is 0 Å². The molecule has 0 spiro atoms. The molecular formula is C26H40Cl2O4. The number of rotatable bonds is 19. The van der Waals surface area contributed by atoms with Crippen molar-refractivity contribution in [1.82, 2.24) is 0 Å². The molecular weight excluding hydrogens is 447 g/mol. The van der Waals surface area contributed by atoms with Gasteiger partial charge in [0, 0.05) is 22.9 Å². The van der Waals surface area contributed by atoms with Gasteiger partial charge in [-0.25, -0.2) is 0 Å². The molecule has 1 aromatic carbocycles. The van der Waals surface area contributed by atoms with E-state index in [0.29, 0.717) is 28.8 Å². The van der Waals surface area contributed by atoms with Crippen LogP contribution in [0.4, 0.5) is 0 Å². The molecule has 0 N–H and O–H groups in total. The van der Waals surface area contributed by atoms with Gasteiger partial charge >= 0.3 is 11.9 Å². The van der Waals surface area contributed by atoms with Crippen molar-refractivity contribution in [1.29, 1.82) is 0 Å². The van der Waals surface area contributed by atoms with Crippen LogP contribution in [-0.2, 0) is 14.3 Å². The molecule has 182 valence electrons. The van der Waals surface area contributed by atoms with Crippen LogP contribution < -0.4 is 4.74 Å². The predicted molar refractivity (Wildman–Crippen MR) is 133 cm³/mol. The van der Waals surface area contributed by atoms with E-state index in [9.17, 15) is 9.59 Å². The second kappa shape index (κ2) is 19.2. The summed E-state index contributed by atoms with van der Waals surface area (Å²) >= 11 is 11.7. The standard InChI is InChI=1S/C26H40Cl2O4/c1-2-3-4-5-6-7-8-9-10-11-12-13-14-18-31-25(29)16-15-17-26(30)32-24-20-22(27)19-23(28)21-24/h19-21H,2-18H2,1H3. The van der Waals surface area contributed by atoms with Crippen molar-refractivity contribution in [3.63, 3.8) is 0 Å². The minimum atomic E-state index is -0.423. The number of carbonyl (C=O) groups excluding carboxylic acids is 2. The number of hydrogen-bond acceptors (Lipinski definition) is 4. The Balaban J connectivity index is 1.90. The van der Waals surface area contributed by atoms with E-state index in [0.717, 1.165) is 12.8 Å². The third-order valence-corrected chi connectivity index (χ3v) is 5.78. The van der Waals surface area contributed by atoms with E-state index in [1.807, 2.05) is 0 Å².